The molecule has 116 valence electrons. The number of alkyl halides is 1. The number of hydrogen-bond acceptors (Lipinski definition) is 4. The number of rotatable bonds is 4. The van der Waals surface area contributed by atoms with E-state index in [1.807, 2.05) is 0 Å². The van der Waals surface area contributed by atoms with Crippen molar-refractivity contribution in [1.29, 1.82) is 0 Å². The lowest BCUT2D eigenvalue weighted by molar-refractivity contribution is -0.387. The number of sulfonamides is 1. The number of nitrogens with zero attached hydrogens (tertiary/aromatic N) is 1. The molecule has 0 aliphatic heterocycles. The lowest BCUT2D eigenvalue weighted by Gasteiger charge is -2.28. The van der Waals surface area contributed by atoms with E-state index in [9.17, 15) is 18.5 Å². The van der Waals surface area contributed by atoms with E-state index in [0.717, 1.165) is 25.7 Å². The maximum Gasteiger partial charge on any atom is 0.289 e. The number of hydrogen-bond donors (Lipinski definition) is 1. The third kappa shape index (κ3) is 3.61. The molecule has 1 aromatic carbocycles. The predicted molar refractivity (Wildman–Crippen MR) is 83.1 cm³/mol. The first-order chi connectivity index (χ1) is 9.83. The van der Waals surface area contributed by atoms with Crippen molar-refractivity contribution in [2.24, 2.45) is 0 Å². The smallest absolute Gasteiger partial charge is 0.258 e. The first-order valence-corrected chi connectivity index (χ1v) is 9.13. The fraction of sp³-hybridized carbons (Fsp3) is 0.538. The molecule has 21 heavy (non-hydrogen) atoms. The summed E-state index contributed by atoms with van der Waals surface area (Å²) in [5, 5.41) is 11.1. The maximum absolute atomic E-state index is 12.6. The molecule has 1 fully saturated rings. The van der Waals surface area contributed by atoms with Gasteiger partial charge < -0.3 is 0 Å². The van der Waals surface area contributed by atoms with Crippen LogP contribution in [0.4, 0.5) is 5.69 Å². The van der Waals surface area contributed by atoms with Crippen LogP contribution >= 0.6 is 15.9 Å². The quantitative estimate of drug-likeness (QED) is 0.496. The van der Waals surface area contributed by atoms with Crippen LogP contribution in [0.5, 0.6) is 0 Å². The van der Waals surface area contributed by atoms with Crippen molar-refractivity contribution in [3.05, 3.63) is 33.9 Å². The van der Waals surface area contributed by atoms with Gasteiger partial charge in [0.1, 0.15) is 0 Å². The highest BCUT2D eigenvalue weighted by molar-refractivity contribution is 9.09. The SMILES string of the molecule is Cc1cccc([N+](=O)[O-])c1S(=O)(=O)NC1CCCCC1Br. The van der Waals surface area contributed by atoms with Gasteiger partial charge in [0.25, 0.3) is 5.69 Å². The Kier molecular flexibility index (Phi) is 5.00. The molecule has 0 amide bonds. The summed E-state index contributed by atoms with van der Waals surface area (Å²) in [4.78, 5) is 10.2. The van der Waals surface area contributed by atoms with E-state index >= 15 is 0 Å². The van der Waals surface area contributed by atoms with Gasteiger partial charge in [-0.2, -0.15) is 0 Å². The van der Waals surface area contributed by atoms with Crippen molar-refractivity contribution >= 4 is 31.6 Å². The van der Waals surface area contributed by atoms with Gasteiger partial charge in [0, 0.05) is 16.9 Å². The van der Waals surface area contributed by atoms with Crippen LogP contribution in [0, 0.1) is 17.0 Å². The molecule has 1 aromatic rings. The van der Waals surface area contributed by atoms with Crippen molar-refractivity contribution in [2.45, 2.75) is 48.4 Å². The summed E-state index contributed by atoms with van der Waals surface area (Å²) in [6, 6.07) is 4.03. The van der Waals surface area contributed by atoms with Crippen molar-refractivity contribution in [2.75, 3.05) is 0 Å². The number of nitro groups is 1. The molecule has 1 saturated carbocycles. The zero-order chi connectivity index (χ0) is 15.6. The van der Waals surface area contributed by atoms with E-state index < -0.39 is 14.9 Å². The molecule has 6 nitrogen and oxygen atoms in total. The molecule has 2 rings (SSSR count). The van der Waals surface area contributed by atoms with Crippen molar-refractivity contribution in [3.8, 4) is 0 Å². The third-order valence-electron chi connectivity index (χ3n) is 3.64. The van der Waals surface area contributed by atoms with Crippen LogP contribution in [0.1, 0.15) is 31.2 Å². The summed E-state index contributed by atoms with van der Waals surface area (Å²) in [6.45, 7) is 1.56. The molecule has 0 bridgehead atoms. The van der Waals surface area contributed by atoms with Gasteiger partial charge in [0.05, 0.1) is 4.92 Å². The zero-order valence-corrected chi connectivity index (χ0v) is 14.0. The fourth-order valence-electron chi connectivity index (χ4n) is 2.61. The van der Waals surface area contributed by atoms with Gasteiger partial charge in [-0.25, -0.2) is 13.1 Å². The van der Waals surface area contributed by atoms with Crippen LogP contribution < -0.4 is 4.72 Å². The Morgan fingerprint density at radius 1 is 1.33 bits per heavy atom. The van der Waals surface area contributed by atoms with Crippen LogP contribution in [0.25, 0.3) is 0 Å². The van der Waals surface area contributed by atoms with Crippen molar-refractivity contribution in [3.63, 3.8) is 0 Å². The van der Waals surface area contributed by atoms with E-state index in [0.29, 0.717) is 5.56 Å². The van der Waals surface area contributed by atoms with Gasteiger partial charge in [-0.15, -0.1) is 0 Å². The normalized spacial score (nSPS) is 23.0. The van der Waals surface area contributed by atoms with Gasteiger partial charge in [-0.05, 0) is 25.3 Å². The highest BCUT2D eigenvalue weighted by atomic mass is 79.9. The molecule has 0 spiro atoms. The molecule has 0 heterocycles. The number of nitrogens with one attached hydrogen (secondary N) is 1. The van der Waals surface area contributed by atoms with Crippen molar-refractivity contribution < 1.29 is 13.3 Å². The van der Waals surface area contributed by atoms with Gasteiger partial charge in [0.15, 0.2) is 4.90 Å². The Morgan fingerprint density at radius 2 is 2.00 bits per heavy atom. The van der Waals surface area contributed by atoms with Crippen LogP contribution in [-0.4, -0.2) is 24.2 Å². The van der Waals surface area contributed by atoms with E-state index in [1.54, 1.807) is 13.0 Å². The van der Waals surface area contributed by atoms with E-state index in [2.05, 4.69) is 20.7 Å². The Labute approximate surface area is 132 Å². The average molecular weight is 377 g/mol. The molecular formula is C13H17BrN2O4S. The van der Waals surface area contributed by atoms with Gasteiger partial charge >= 0.3 is 0 Å². The molecule has 1 aliphatic carbocycles. The predicted octanol–water partition coefficient (Wildman–Crippen LogP) is 2.89. The second kappa shape index (κ2) is 6.41. The number of benzene rings is 1. The maximum atomic E-state index is 12.6. The fourth-order valence-corrected chi connectivity index (χ4v) is 5.21. The summed E-state index contributed by atoms with van der Waals surface area (Å²) in [6.07, 6.45) is 3.63. The van der Waals surface area contributed by atoms with E-state index in [4.69, 9.17) is 0 Å². The molecule has 8 heteroatoms. The van der Waals surface area contributed by atoms with Crippen LogP contribution in [-0.2, 0) is 10.0 Å². The zero-order valence-electron chi connectivity index (χ0n) is 11.6. The van der Waals surface area contributed by atoms with Gasteiger partial charge in [-0.1, -0.05) is 40.9 Å². The topological polar surface area (TPSA) is 89.3 Å². The summed E-state index contributed by atoms with van der Waals surface area (Å²) < 4.78 is 27.7. The highest BCUT2D eigenvalue weighted by Gasteiger charge is 2.32. The largest absolute Gasteiger partial charge is 0.289 e. The summed E-state index contributed by atoms with van der Waals surface area (Å²) in [7, 11) is -3.92. The monoisotopic (exact) mass is 376 g/mol. The van der Waals surface area contributed by atoms with E-state index in [1.165, 1.54) is 12.1 Å². The van der Waals surface area contributed by atoms with Crippen LogP contribution in [0.2, 0.25) is 0 Å². The molecular weight excluding hydrogens is 360 g/mol. The Balaban J connectivity index is 2.38. The Bertz CT molecular complexity index is 648. The van der Waals surface area contributed by atoms with Gasteiger partial charge in [0.2, 0.25) is 10.0 Å². The Hall–Kier alpha value is -0.990. The number of nitro benzene ring substituents is 1. The van der Waals surface area contributed by atoms with Crippen molar-refractivity contribution in [1.82, 2.24) is 4.72 Å². The first kappa shape index (κ1) is 16.4. The molecule has 2 atom stereocenters. The van der Waals surface area contributed by atoms with Crippen LogP contribution in [0.3, 0.4) is 0 Å². The molecule has 0 saturated heterocycles. The molecule has 0 radical (unpaired) electrons. The van der Waals surface area contributed by atoms with Crippen LogP contribution in [0.15, 0.2) is 23.1 Å². The number of aryl methyl sites for hydroxylation is 1. The van der Waals surface area contributed by atoms with Gasteiger partial charge in [-0.3, -0.25) is 10.1 Å². The molecule has 0 aromatic heterocycles. The Morgan fingerprint density at radius 3 is 2.62 bits per heavy atom. The first-order valence-electron chi connectivity index (χ1n) is 6.73. The molecule has 1 aliphatic rings. The average Bonchev–Trinajstić information content (AvgIpc) is 2.40. The number of halogens is 1. The highest BCUT2D eigenvalue weighted by Crippen LogP contribution is 2.30. The minimum absolute atomic E-state index is 0.0594. The lowest BCUT2D eigenvalue weighted by atomic mass is 9.96. The lowest BCUT2D eigenvalue weighted by Crippen LogP contribution is -2.42. The molecule has 1 N–H and O–H groups in total. The summed E-state index contributed by atoms with van der Waals surface area (Å²) in [5.41, 5.74) is -0.0111. The third-order valence-corrected chi connectivity index (χ3v) is 6.42. The van der Waals surface area contributed by atoms with E-state index in [-0.39, 0.29) is 21.5 Å². The standard InChI is InChI=1S/C13H17BrN2O4S/c1-9-5-4-8-12(16(17)18)13(9)21(19,20)15-11-7-3-2-6-10(11)14/h4-5,8,10-11,15H,2-3,6-7H2,1H3. The minimum atomic E-state index is -3.92. The second-order valence-corrected chi connectivity index (χ2v) is 8.04. The summed E-state index contributed by atoms with van der Waals surface area (Å²) >= 11 is 3.49. The summed E-state index contributed by atoms with van der Waals surface area (Å²) in [5.74, 6) is 0. The second-order valence-electron chi connectivity index (χ2n) is 5.21. The molecule has 2 unspecified atom stereocenters. The minimum Gasteiger partial charge on any atom is -0.258 e.